The maximum absolute atomic E-state index is 5.93. The van der Waals surface area contributed by atoms with Gasteiger partial charge in [-0.3, -0.25) is 0 Å². The van der Waals surface area contributed by atoms with Crippen LogP contribution in [0.1, 0.15) is 0 Å². The average molecular weight is 565 g/mol. The number of hydrogen-bond donors (Lipinski definition) is 0. The second-order valence-corrected chi connectivity index (χ2v) is 7.48. The maximum atomic E-state index is 5.93. The Morgan fingerprint density at radius 3 is 2.00 bits per heavy atom. The molecule has 0 aromatic heterocycles. The SMILES string of the molecule is Brc1cccc(Oc2c(Br)ccc(Br)c2Br)c1Br. The summed E-state index contributed by atoms with van der Waals surface area (Å²) in [5, 5.41) is 0. The van der Waals surface area contributed by atoms with Crippen LogP contribution in [0.3, 0.4) is 0 Å². The highest BCUT2D eigenvalue weighted by atomic mass is 79.9. The molecule has 0 aliphatic heterocycles. The van der Waals surface area contributed by atoms with Gasteiger partial charge in [0.25, 0.3) is 0 Å². The molecule has 6 heteroatoms. The van der Waals surface area contributed by atoms with Crippen molar-refractivity contribution in [2.24, 2.45) is 0 Å². The molecule has 0 heterocycles. The topological polar surface area (TPSA) is 9.23 Å². The summed E-state index contributed by atoms with van der Waals surface area (Å²) in [6.07, 6.45) is 0. The average Bonchev–Trinajstić information content (AvgIpc) is 2.35. The zero-order valence-electron chi connectivity index (χ0n) is 8.68. The normalized spacial score (nSPS) is 10.5. The van der Waals surface area contributed by atoms with Crippen molar-refractivity contribution >= 4 is 79.6 Å². The van der Waals surface area contributed by atoms with Gasteiger partial charge >= 0.3 is 0 Å². The summed E-state index contributed by atoms with van der Waals surface area (Å²) in [6.45, 7) is 0. The fraction of sp³-hybridized carbons (Fsp3) is 0. The third-order valence-electron chi connectivity index (χ3n) is 2.13. The lowest BCUT2D eigenvalue weighted by Gasteiger charge is -2.12. The first-order valence-electron chi connectivity index (χ1n) is 4.76. The first-order chi connectivity index (χ1) is 8.50. The number of ether oxygens (including phenoxy) is 1. The summed E-state index contributed by atoms with van der Waals surface area (Å²) >= 11 is 17.4. The monoisotopic (exact) mass is 560 g/mol. The molecular weight excluding hydrogens is 560 g/mol. The molecule has 0 saturated heterocycles. The summed E-state index contributed by atoms with van der Waals surface area (Å²) in [5.41, 5.74) is 0. The van der Waals surface area contributed by atoms with Crippen molar-refractivity contribution in [3.8, 4) is 11.5 Å². The Morgan fingerprint density at radius 2 is 1.28 bits per heavy atom. The molecule has 0 saturated carbocycles. The van der Waals surface area contributed by atoms with E-state index in [2.05, 4.69) is 79.6 Å². The van der Waals surface area contributed by atoms with Crippen LogP contribution >= 0.6 is 79.6 Å². The molecular formula is C12H5Br5O. The minimum absolute atomic E-state index is 0.725. The van der Waals surface area contributed by atoms with E-state index in [1.807, 2.05) is 30.3 Å². The van der Waals surface area contributed by atoms with Crippen molar-refractivity contribution in [1.82, 2.24) is 0 Å². The van der Waals surface area contributed by atoms with Gasteiger partial charge in [-0.2, -0.15) is 0 Å². The molecule has 0 atom stereocenters. The zero-order chi connectivity index (χ0) is 13.3. The Bertz CT molecular complexity index is 597. The van der Waals surface area contributed by atoms with Crippen LogP contribution in [-0.4, -0.2) is 0 Å². The third kappa shape index (κ3) is 3.20. The standard InChI is InChI=1S/C12H5Br5O/c13-6-2-1-3-9(10(6)16)18-12-8(15)5-4-7(14)11(12)17/h1-5H. The van der Waals surface area contributed by atoms with E-state index in [0.29, 0.717) is 0 Å². The van der Waals surface area contributed by atoms with Crippen LogP contribution in [0.15, 0.2) is 52.7 Å². The van der Waals surface area contributed by atoms with E-state index in [0.717, 1.165) is 33.9 Å². The first-order valence-corrected chi connectivity index (χ1v) is 8.72. The molecule has 2 rings (SSSR count). The van der Waals surface area contributed by atoms with Gasteiger partial charge in [0.15, 0.2) is 5.75 Å². The summed E-state index contributed by atoms with van der Waals surface area (Å²) in [5.74, 6) is 1.46. The number of hydrogen-bond acceptors (Lipinski definition) is 1. The van der Waals surface area contributed by atoms with Gasteiger partial charge in [0, 0.05) is 8.95 Å². The minimum atomic E-state index is 0.725. The van der Waals surface area contributed by atoms with Gasteiger partial charge in [-0.1, -0.05) is 6.07 Å². The molecule has 0 amide bonds. The molecule has 2 aromatic carbocycles. The predicted molar refractivity (Wildman–Crippen MR) is 91.5 cm³/mol. The molecule has 94 valence electrons. The largest absolute Gasteiger partial charge is 0.454 e. The second-order valence-electron chi connectivity index (χ2n) is 3.33. The summed E-state index contributed by atoms with van der Waals surface area (Å²) in [7, 11) is 0. The highest BCUT2D eigenvalue weighted by Crippen LogP contribution is 2.43. The smallest absolute Gasteiger partial charge is 0.156 e. The molecule has 0 aliphatic rings. The molecule has 0 fully saturated rings. The van der Waals surface area contributed by atoms with Crippen LogP contribution in [-0.2, 0) is 0 Å². The third-order valence-corrected chi connectivity index (χ3v) is 6.75. The van der Waals surface area contributed by atoms with E-state index in [1.165, 1.54) is 0 Å². The Morgan fingerprint density at radius 1 is 0.667 bits per heavy atom. The molecule has 18 heavy (non-hydrogen) atoms. The Labute approximate surface area is 147 Å². The Hall–Kier alpha value is 0.640. The Kier molecular flexibility index (Phi) is 5.34. The van der Waals surface area contributed by atoms with Crippen molar-refractivity contribution in [1.29, 1.82) is 0 Å². The fourth-order valence-electron chi connectivity index (χ4n) is 1.27. The van der Waals surface area contributed by atoms with Gasteiger partial charge in [-0.25, -0.2) is 0 Å². The summed E-state index contributed by atoms with van der Waals surface area (Å²) in [6, 6.07) is 9.63. The van der Waals surface area contributed by atoms with Crippen LogP contribution in [0, 0.1) is 0 Å². The molecule has 0 unspecified atom stereocenters. The second kappa shape index (κ2) is 6.39. The molecule has 0 aliphatic carbocycles. The fourth-order valence-corrected chi connectivity index (χ4v) is 3.38. The summed E-state index contributed by atoms with van der Waals surface area (Å²) in [4.78, 5) is 0. The quantitative estimate of drug-likeness (QED) is 0.348. The van der Waals surface area contributed by atoms with Gasteiger partial charge in [0.05, 0.1) is 13.4 Å². The van der Waals surface area contributed by atoms with Gasteiger partial charge < -0.3 is 4.74 Å². The van der Waals surface area contributed by atoms with E-state index in [-0.39, 0.29) is 0 Å². The lowest BCUT2D eigenvalue weighted by atomic mass is 10.3. The highest BCUT2D eigenvalue weighted by molar-refractivity contribution is 9.13. The van der Waals surface area contributed by atoms with Crippen LogP contribution in [0.25, 0.3) is 0 Å². The van der Waals surface area contributed by atoms with Crippen molar-refractivity contribution in [3.63, 3.8) is 0 Å². The first kappa shape index (κ1) is 15.0. The molecule has 0 radical (unpaired) electrons. The van der Waals surface area contributed by atoms with Crippen molar-refractivity contribution in [3.05, 3.63) is 52.7 Å². The van der Waals surface area contributed by atoms with Gasteiger partial charge in [0.1, 0.15) is 5.75 Å². The molecule has 1 nitrogen and oxygen atoms in total. The summed E-state index contributed by atoms with van der Waals surface area (Å²) < 4.78 is 10.4. The molecule has 0 bridgehead atoms. The van der Waals surface area contributed by atoms with Crippen molar-refractivity contribution < 1.29 is 4.74 Å². The molecule has 0 spiro atoms. The van der Waals surface area contributed by atoms with Gasteiger partial charge in [-0.05, 0) is 104 Å². The predicted octanol–water partition coefficient (Wildman–Crippen LogP) is 7.29. The number of rotatable bonds is 2. The van der Waals surface area contributed by atoms with Gasteiger partial charge in [-0.15, -0.1) is 0 Å². The maximum Gasteiger partial charge on any atom is 0.156 e. The van der Waals surface area contributed by atoms with Crippen LogP contribution < -0.4 is 4.74 Å². The zero-order valence-corrected chi connectivity index (χ0v) is 16.6. The van der Waals surface area contributed by atoms with E-state index in [9.17, 15) is 0 Å². The van der Waals surface area contributed by atoms with Crippen molar-refractivity contribution in [2.45, 2.75) is 0 Å². The van der Waals surface area contributed by atoms with E-state index in [4.69, 9.17) is 4.74 Å². The van der Waals surface area contributed by atoms with Crippen LogP contribution in [0.2, 0.25) is 0 Å². The number of halogens is 5. The lowest BCUT2D eigenvalue weighted by Crippen LogP contribution is -1.89. The Balaban J connectivity index is 2.46. The number of benzene rings is 2. The van der Waals surface area contributed by atoms with Crippen molar-refractivity contribution in [2.75, 3.05) is 0 Å². The highest BCUT2D eigenvalue weighted by Gasteiger charge is 2.13. The van der Waals surface area contributed by atoms with Crippen LogP contribution in [0.4, 0.5) is 0 Å². The van der Waals surface area contributed by atoms with E-state index < -0.39 is 0 Å². The van der Waals surface area contributed by atoms with Crippen LogP contribution in [0.5, 0.6) is 11.5 Å². The van der Waals surface area contributed by atoms with E-state index in [1.54, 1.807) is 0 Å². The lowest BCUT2D eigenvalue weighted by molar-refractivity contribution is 0.472. The minimum Gasteiger partial charge on any atom is -0.454 e. The molecule has 2 aromatic rings. The molecule has 0 N–H and O–H groups in total. The van der Waals surface area contributed by atoms with E-state index >= 15 is 0 Å². The van der Waals surface area contributed by atoms with Gasteiger partial charge in [0.2, 0.25) is 0 Å².